The minimum atomic E-state index is 0.479. The molecule has 1 aliphatic carbocycles. The molecule has 0 spiro atoms. The van der Waals surface area contributed by atoms with Crippen LogP contribution in [0.25, 0.3) is 0 Å². The number of rotatable bonds is 3. The molecule has 1 saturated heterocycles. The highest BCUT2D eigenvalue weighted by Gasteiger charge is 2.34. The van der Waals surface area contributed by atoms with Gasteiger partial charge in [-0.2, -0.15) is 5.26 Å². The third-order valence-corrected chi connectivity index (χ3v) is 3.50. The molecule has 2 aliphatic rings. The molecule has 1 saturated carbocycles. The number of aromatic nitrogens is 1. The summed E-state index contributed by atoms with van der Waals surface area (Å²) in [5.74, 6) is 0.826. The van der Waals surface area contributed by atoms with Crippen LogP contribution < -0.4 is 5.32 Å². The summed E-state index contributed by atoms with van der Waals surface area (Å²) in [6, 6.07) is 8.94. The van der Waals surface area contributed by atoms with E-state index < -0.39 is 0 Å². The Morgan fingerprint density at radius 2 is 2.24 bits per heavy atom. The van der Waals surface area contributed by atoms with Gasteiger partial charge < -0.3 is 5.32 Å². The van der Waals surface area contributed by atoms with E-state index in [0.717, 1.165) is 18.4 Å². The van der Waals surface area contributed by atoms with Crippen LogP contribution in [-0.2, 0) is 0 Å². The topological polar surface area (TPSA) is 52.0 Å². The third-order valence-electron chi connectivity index (χ3n) is 3.50. The highest BCUT2D eigenvalue weighted by molar-refractivity contribution is 5.39. The van der Waals surface area contributed by atoms with Gasteiger partial charge in [-0.15, -0.1) is 0 Å². The number of nitriles is 1. The van der Waals surface area contributed by atoms with Crippen LogP contribution in [0.2, 0.25) is 0 Å². The molecule has 1 unspecified atom stereocenters. The van der Waals surface area contributed by atoms with Gasteiger partial charge in [-0.3, -0.25) is 4.90 Å². The molecule has 1 aromatic rings. The Morgan fingerprint density at radius 3 is 3.00 bits per heavy atom. The van der Waals surface area contributed by atoms with Crippen molar-refractivity contribution in [3.05, 3.63) is 23.9 Å². The molecule has 4 nitrogen and oxygen atoms in total. The van der Waals surface area contributed by atoms with E-state index in [1.54, 1.807) is 6.07 Å². The van der Waals surface area contributed by atoms with E-state index >= 15 is 0 Å². The maximum absolute atomic E-state index is 8.80. The second-order valence-corrected chi connectivity index (χ2v) is 4.88. The van der Waals surface area contributed by atoms with Crippen molar-refractivity contribution >= 4 is 5.82 Å². The van der Waals surface area contributed by atoms with E-state index in [1.165, 1.54) is 25.8 Å². The first-order chi connectivity index (χ1) is 8.35. The number of hydrogen-bond acceptors (Lipinski definition) is 4. The van der Waals surface area contributed by atoms with Crippen LogP contribution in [-0.4, -0.2) is 35.1 Å². The zero-order valence-electron chi connectivity index (χ0n) is 9.76. The van der Waals surface area contributed by atoms with Gasteiger partial charge in [-0.1, -0.05) is 6.07 Å². The van der Waals surface area contributed by atoms with Gasteiger partial charge in [0.1, 0.15) is 17.6 Å². The summed E-state index contributed by atoms with van der Waals surface area (Å²) in [7, 11) is 0. The van der Waals surface area contributed by atoms with Gasteiger partial charge >= 0.3 is 0 Å². The van der Waals surface area contributed by atoms with Gasteiger partial charge in [0.2, 0.25) is 0 Å². The maximum Gasteiger partial charge on any atom is 0.142 e. The van der Waals surface area contributed by atoms with Crippen LogP contribution in [0.4, 0.5) is 5.82 Å². The number of nitrogens with one attached hydrogen (secondary N) is 1. The Balaban J connectivity index is 1.61. The van der Waals surface area contributed by atoms with Crippen molar-refractivity contribution in [1.29, 1.82) is 5.26 Å². The largest absolute Gasteiger partial charge is 0.366 e. The molecule has 0 amide bonds. The molecule has 0 aromatic carbocycles. The van der Waals surface area contributed by atoms with Crippen LogP contribution >= 0.6 is 0 Å². The van der Waals surface area contributed by atoms with Crippen LogP contribution in [0.5, 0.6) is 0 Å². The molecular weight excluding hydrogens is 212 g/mol. The van der Waals surface area contributed by atoms with Gasteiger partial charge in [0.05, 0.1) is 0 Å². The molecule has 1 atom stereocenters. The van der Waals surface area contributed by atoms with Crippen molar-refractivity contribution in [2.45, 2.75) is 31.3 Å². The summed E-state index contributed by atoms with van der Waals surface area (Å²) in [6.07, 6.45) is 3.92. The predicted octanol–water partition coefficient (Wildman–Crippen LogP) is 1.60. The van der Waals surface area contributed by atoms with E-state index in [2.05, 4.69) is 21.3 Å². The monoisotopic (exact) mass is 228 g/mol. The lowest BCUT2D eigenvalue weighted by Gasteiger charge is -2.16. The maximum atomic E-state index is 8.80. The Hall–Kier alpha value is -1.60. The standard InChI is InChI=1S/C13H16N4/c14-8-10-2-1-3-13(15-10)16-11-6-7-17(9-11)12-4-5-12/h1-3,11-12H,4-7,9H2,(H,15,16). The van der Waals surface area contributed by atoms with Gasteiger partial charge in [0.25, 0.3) is 0 Å². The summed E-state index contributed by atoms with van der Waals surface area (Å²) < 4.78 is 0. The number of pyridine rings is 1. The van der Waals surface area contributed by atoms with Crippen LogP contribution in [0, 0.1) is 11.3 Å². The molecule has 2 fully saturated rings. The Bertz CT molecular complexity index is 447. The fourth-order valence-electron chi connectivity index (χ4n) is 2.46. The molecule has 1 aliphatic heterocycles. The first kappa shape index (κ1) is 10.5. The number of anilines is 1. The van der Waals surface area contributed by atoms with Crippen molar-refractivity contribution in [3.63, 3.8) is 0 Å². The second-order valence-electron chi connectivity index (χ2n) is 4.88. The second kappa shape index (κ2) is 4.34. The Kier molecular flexibility index (Phi) is 2.69. The van der Waals surface area contributed by atoms with E-state index in [4.69, 9.17) is 5.26 Å². The molecule has 3 rings (SSSR count). The van der Waals surface area contributed by atoms with Crippen LogP contribution in [0.15, 0.2) is 18.2 Å². The molecule has 4 heteroatoms. The van der Waals surface area contributed by atoms with E-state index in [0.29, 0.717) is 11.7 Å². The molecule has 17 heavy (non-hydrogen) atoms. The minimum absolute atomic E-state index is 0.479. The van der Waals surface area contributed by atoms with Crippen molar-refractivity contribution in [3.8, 4) is 6.07 Å². The van der Waals surface area contributed by atoms with E-state index in [1.807, 2.05) is 12.1 Å². The molecule has 0 bridgehead atoms. The average Bonchev–Trinajstić information content (AvgIpc) is 3.11. The number of likely N-dealkylation sites (tertiary alicyclic amines) is 1. The van der Waals surface area contributed by atoms with E-state index in [-0.39, 0.29) is 0 Å². The number of hydrogen-bond donors (Lipinski definition) is 1. The van der Waals surface area contributed by atoms with E-state index in [9.17, 15) is 0 Å². The van der Waals surface area contributed by atoms with Crippen molar-refractivity contribution in [2.24, 2.45) is 0 Å². The molecule has 1 aromatic heterocycles. The zero-order chi connectivity index (χ0) is 11.7. The quantitative estimate of drug-likeness (QED) is 0.853. The highest BCUT2D eigenvalue weighted by atomic mass is 15.2. The minimum Gasteiger partial charge on any atom is -0.366 e. The first-order valence-electron chi connectivity index (χ1n) is 6.23. The van der Waals surface area contributed by atoms with Gasteiger partial charge in [0, 0.05) is 25.2 Å². The summed E-state index contributed by atoms with van der Waals surface area (Å²) in [5.41, 5.74) is 0.479. The fraction of sp³-hybridized carbons (Fsp3) is 0.538. The lowest BCUT2D eigenvalue weighted by atomic mass is 10.2. The van der Waals surface area contributed by atoms with Crippen molar-refractivity contribution in [2.75, 3.05) is 18.4 Å². The lowest BCUT2D eigenvalue weighted by Crippen LogP contribution is -2.28. The van der Waals surface area contributed by atoms with Gasteiger partial charge in [0.15, 0.2) is 0 Å². The van der Waals surface area contributed by atoms with Crippen molar-refractivity contribution in [1.82, 2.24) is 9.88 Å². The molecule has 1 N–H and O–H groups in total. The molecule has 2 heterocycles. The molecule has 0 radical (unpaired) electrons. The predicted molar refractivity (Wildman–Crippen MR) is 65.6 cm³/mol. The molecule has 88 valence electrons. The summed E-state index contributed by atoms with van der Waals surface area (Å²) in [5, 5.41) is 12.2. The molecular formula is C13H16N4. The van der Waals surface area contributed by atoms with Crippen molar-refractivity contribution < 1.29 is 0 Å². The highest BCUT2D eigenvalue weighted by Crippen LogP contribution is 2.30. The Labute approximate surface area is 101 Å². The average molecular weight is 228 g/mol. The van der Waals surface area contributed by atoms with Gasteiger partial charge in [-0.05, 0) is 31.4 Å². The fourth-order valence-corrected chi connectivity index (χ4v) is 2.46. The lowest BCUT2D eigenvalue weighted by molar-refractivity contribution is 0.326. The summed E-state index contributed by atoms with van der Waals surface area (Å²) in [4.78, 5) is 6.81. The van der Waals surface area contributed by atoms with Crippen LogP contribution in [0.1, 0.15) is 25.0 Å². The first-order valence-corrected chi connectivity index (χ1v) is 6.23. The summed E-state index contributed by atoms with van der Waals surface area (Å²) >= 11 is 0. The zero-order valence-corrected chi connectivity index (χ0v) is 9.76. The smallest absolute Gasteiger partial charge is 0.142 e. The number of nitrogens with zero attached hydrogens (tertiary/aromatic N) is 3. The van der Waals surface area contributed by atoms with Crippen LogP contribution in [0.3, 0.4) is 0 Å². The van der Waals surface area contributed by atoms with Gasteiger partial charge in [-0.25, -0.2) is 4.98 Å². The third kappa shape index (κ3) is 2.40. The Morgan fingerprint density at radius 1 is 1.35 bits per heavy atom. The normalized spacial score (nSPS) is 24.5. The SMILES string of the molecule is N#Cc1cccc(NC2CCN(C3CC3)C2)n1. The summed E-state index contributed by atoms with van der Waals surface area (Å²) in [6.45, 7) is 2.31.